The van der Waals surface area contributed by atoms with E-state index >= 15 is 0 Å². The van der Waals surface area contributed by atoms with Gasteiger partial charge in [0, 0.05) is 13.0 Å². The quantitative estimate of drug-likeness (QED) is 0.444. The number of carboxylic acid groups (broad SMARTS) is 2. The first-order valence-electron chi connectivity index (χ1n) is 8.71. The third kappa shape index (κ3) is 6.65. The molecular weight excluding hydrogens is 350 g/mol. The number of hydrogen-bond acceptors (Lipinski definition) is 5. The molecule has 0 radical (unpaired) electrons. The molecule has 8 heteroatoms. The van der Waals surface area contributed by atoms with E-state index in [1.165, 1.54) is 4.90 Å². The number of carboxylic acids is 2. The van der Waals surface area contributed by atoms with Gasteiger partial charge in [-0.1, -0.05) is 51.1 Å². The van der Waals surface area contributed by atoms with Gasteiger partial charge in [-0.15, -0.1) is 0 Å². The van der Waals surface area contributed by atoms with Crippen LogP contribution in [0, 0.1) is 5.41 Å². The van der Waals surface area contributed by atoms with Crippen molar-refractivity contribution in [3.05, 3.63) is 35.9 Å². The van der Waals surface area contributed by atoms with E-state index < -0.39 is 36.0 Å². The van der Waals surface area contributed by atoms with Gasteiger partial charge in [0.25, 0.3) is 0 Å². The summed E-state index contributed by atoms with van der Waals surface area (Å²) in [5, 5.41) is 19.1. The summed E-state index contributed by atoms with van der Waals surface area (Å²) in [5.74, 6) is -3.53. The van der Waals surface area contributed by atoms with Crippen LogP contribution in [-0.2, 0) is 20.8 Å². The number of amides is 1. The van der Waals surface area contributed by atoms with Crippen molar-refractivity contribution in [1.29, 1.82) is 0 Å². The molecule has 2 atom stereocenters. The van der Waals surface area contributed by atoms with Gasteiger partial charge in [-0.05, 0) is 17.4 Å². The lowest BCUT2D eigenvalue weighted by Crippen LogP contribution is -2.68. The van der Waals surface area contributed by atoms with Crippen LogP contribution < -0.4 is 11.5 Å². The summed E-state index contributed by atoms with van der Waals surface area (Å²) in [6.45, 7) is 5.98. The fraction of sp³-hybridized carbons (Fsp3) is 0.526. The molecule has 0 heterocycles. The van der Waals surface area contributed by atoms with Crippen LogP contribution in [0.3, 0.4) is 0 Å². The maximum atomic E-state index is 12.1. The van der Waals surface area contributed by atoms with E-state index in [0.29, 0.717) is 12.0 Å². The van der Waals surface area contributed by atoms with Crippen LogP contribution >= 0.6 is 0 Å². The molecule has 1 aromatic rings. The number of benzene rings is 1. The highest BCUT2D eigenvalue weighted by atomic mass is 16.4. The molecular formula is C19H29N3O5. The van der Waals surface area contributed by atoms with Gasteiger partial charge >= 0.3 is 11.9 Å². The first-order chi connectivity index (χ1) is 12.4. The van der Waals surface area contributed by atoms with Crippen molar-refractivity contribution in [3.63, 3.8) is 0 Å². The van der Waals surface area contributed by atoms with Crippen molar-refractivity contribution in [3.8, 4) is 0 Å². The zero-order valence-electron chi connectivity index (χ0n) is 16.0. The van der Waals surface area contributed by atoms with Crippen LogP contribution in [0.4, 0.5) is 0 Å². The Bertz CT molecular complexity index is 672. The normalized spacial score (nSPS) is 15.1. The Morgan fingerprint density at radius 2 is 1.67 bits per heavy atom. The third-order valence-electron chi connectivity index (χ3n) is 4.37. The summed E-state index contributed by atoms with van der Waals surface area (Å²) >= 11 is 0. The Balaban J connectivity index is 3.37. The monoisotopic (exact) mass is 379 g/mol. The molecule has 6 N–H and O–H groups in total. The zero-order chi connectivity index (χ0) is 20.8. The van der Waals surface area contributed by atoms with E-state index in [1.54, 1.807) is 30.3 Å². The van der Waals surface area contributed by atoms with Crippen LogP contribution in [0.1, 0.15) is 39.2 Å². The number of aliphatic carboxylic acids is 2. The predicted molar refractivity (Wildman–Crippen MR) is 101 cm³/mol. The van der Waals surface area contributed by atoms with Gasteiger partial charge in [-0.3, -0.25) is 14.5 Å². The summed E-state index contributed by atoms with van der Waals surface area (Å²) in [6, 6.07) is 7.40. The molecule has 0 unspecified atom stereocenters. The van der Waals surface area contributed by atoms with Crippen molar-refractivity contribution in [2.75, 3.05) is 6.54 Å². The number of hydrogen-bond donors (Lipinski definition) is 4. The molecule has 0 saturated heterocycles. The van der Waals surface area contributed by atoms with Gasteiger partial charge in [-0.25, -0.2) is 4.79 Å². The SMILES string of the molecule is CC(C)(C)CCN([C@@H](CC(=O)O)C(N)=O)[C@](N)(Cc1ccccc1)C(=O)O. The van der Waals surface area contributed by atoms with E-state index in [-0.39, 0.29) is 18.4 Å². The van der Waals surface area contributed by atoms with Crippen molar-refractivity contribution < 1.29 is 24.6 Å². The van der Waals surface area contributed by atoms with Gasteiger partial charge in [0.1, 0.15) is 6.04 Å². The molecule has 0 fully saturated rings. The highest BCUT2D eigenvalue weighted by Gasteiger charge is 2.46. The first-order valence-corrected chi connectivity index (χ1v) is 8.71. The van der Waals surface area contributed by atoms with E-state index in [2.05, 4.69) is 0 Å². The summed E-state index contributed by atoms with van der Waals surface area (Å²) in [7, 11) is 0. The Labute approximate surface area is 159 Å². The second-order valence-electron chi connectivity index (χ2n) is 7.91. The molecule has 0 aliphatic carbocycles. The second kappa shape index (κ2) is 8.96. The molecule has 0 saturated carbocycles. The smallest absolute Gasteiger partial charge is 0.339 e. The van der Waals surface area contributed by atoms with Crippen LogP contribution in [-0.4, -0.2) is 51.2 Å². The third-order valence-corrected chi connectivity index (χ3v) is 4.37. The minimum Gasteiger partial charge on any atom is -0.481 e. The summed E-state index contributed by atoms with van der Waals surface area (Å²) in [4.78, 5) is 36.6. The lowest BCUT2D eigenvalue weighted by molar-refractivity contribution is -0.158. The summed E-state index contributed by atoms with van der Waals surface area (Å²) in [5.41, 5.74) is 10.2. The van der Waals surface area contributed by atoms with Crippen molar-refractivity contribution >= 4 is 17.8 Å². The van der Waals surface area contributed by atoms with Gasteiger partial charge in [0.2, 0.25) is 5.91 Å². The fourth-order valence-electron chi connectivity index (χ4n) is 2.83. The van der Waals surface area contributed by atoms with Crippen molar-refractivity contribution in [2.24, 2.45) is 16.9 Å². The lowest BCUT2D eigenvalue weighted by Gasteiger charge is -2.42. The molecule has 150 valence electrons. The van der Waals surface area contributed by atoms with E-state index in [1.807, 2.05) is 20.8 Å². The Kier molecular flexibility index (Phi) is 7.50. The number of carbonyl (C=O) groups is 3. The Morgan fingerprint density at radius 1 is 1.11 bits per heavy atom. The summed E-state index contributed by atoms with van der Waals surface area (Å²) < 4.78 is 0. The maximum Gasteiger partial charge on any atom is 0.339 e. The minimum atomic E-state index is -1.98. The van der Waals surface area contributed by atoms with Crippen LogP contribution in [0.5, 0.6) is 0 Å². The number of rotatable bonds is 10. The van der Waals surface area contributed by atoms with E-state index in [0.717, 1.165) is 0 Å². The average molecular weight is 379 g/mol. The molecule has 0 aliphatic rings. The minimum absolute atomic E-state index is 0.100. The van der Waals surface area contributed by atoms with Gasteiger partial charge < -0.3 is 21.7 Å². The molecule has 27 heavy (non-hydrogen) atoms. The topological polar surface area (TPSA) is 147 Å². The largest absolute Gasteiger partial charge is 0.481 e. The molecule has 1 amide bonds. The number of primary amides is 1. The fourth-order valence-corrected chi connectivity index (χ4v) is 2.83. The molecule has 0 spiro atoms. The van der Waals surface area contributed by atoms with Gasteiger partial charge in [-0.2, -0.15) is 0 Å². The average Bonchev–Trinajstić information content (AvgIpc) is 2.53. The van der Waals surface area contributed by atoms with Gasteiger partial charge in [0.15, 0.2) is 5.66 Å². The number of nitrogens with two attached hydrogens (primary N) is 2. The highest BCUT2D eigenvalue weighted by Crippen LogP contribution is 2.26. The zero-order valence-corrected chi connectivity index (χ0v) is 16.0. The molecule has 0 aliphatic heterocycles. The molecule has 1 aromatic carbocycles. The standard InChI is InChI=1S/C19H29N3O5/c1-18(2,3)9-10-22(14(16(20)25)11-15(23)24)19(21,17(26)27)12-13-7-5-4-6-8-13/h4-8,14H,9-12,21H2,1-3H3,(H2,20,25)(H,23,24)(H,26,27)/t14-,19+/m0/s1. The second-order valence-corrected chi connectivity index (χ2v) is 7.91. The van der Waals surface area contributed by atoms with Crippen LogP contribution in [0.25, 0.3) is 0 Å². The van der Waals surface area contributed by atoms with Crippen molar-refractivity contribution in [1.82, 2.24) is 4.90 Å². The predicted octanol–water partition coefficient (Wildman–Crippen LogP) is 1.04. The van der Waals surface area contributed by atoms with E-state index in [9.17, 15) is 24.6 Å². The number of carbonyl (C=O) groups excluding carboxylic acids is 1. The van der Waals surface area contributed by atoms with Crippen LogP contribution in [0.2, 0.25) is 0 Å². The lowest BCUT2D eigenvalue weighted by atomic mass is 9.89. The molecule has 1 rings (SSSR count). The molecule has 0 bridgehead atoms. The van der Waals surface area contributed by atoms with Gasteiger partial charge in [0.05, 0.1) is 6.42 Å². The molecule has 0 aromatic heterocycles. The number of nitrogens with zero attached hydrogens (tertiary/aromatic N) is 1. The van der Waals surface area contributed by atoms with Crippen LogP contribution in [0.15, 0.2) is 30.3 Å². The Morgan fingerprint density at radius 3 is 2.07 bits per heavy atom. The maximum absolute atomic E-state index is 12.1. The van der Waals surface area contributed by atoms with Crippen molar-refractivity contribution in [2.45, 2.75) is 51.7 Å². The highest BCUT2D eigenvalue weighted by molar-refractivity contribution is 5.86. The first kappa shape index (κ1) is 22.6. The Hall–Kier alpha value is -2.45. The van der Waals surface area contributed by atoms with E-state index in [4.69, 9.17) is 11.5 Å². The molecule has 8 nitrogen and oxygen atoms in total. The summed E-state index contributed by atoms with van der Waals surface area (Å²) in [6.07, 6.45) is -0.228.